The van der Waals surface area contributed by atoms with Gasteiger partial charge in [-0.15, -0.1) is 11.3 Å². The molecule has 0 radical (unpaired) electrons. The van der Waals surface area contributed by atoms with Crippen LogP contribution in [-0.2, 0) is 0 Å². The third kappa shape index (κ3) is 4.80. The first-order chi connectivity index (χ1) is 10.2. The largest absolute Gasteiger partial charge is 0.396 e. The molecule has 0 aliphatic rings. The normalized spacial score (nSPS) is 11.9. The molecule has 0 aromatic carbocycles. The van der Waals surface area contributed by atoms with Crippen LogP contribution in [0.15, 0.2) is 29.9 Å². The third-order valence-electron chi connectivity index (χ3n) is 2.85. The lowest BCUT2D eigenvalue weighted by atomic mass is 10.2. The average molecular weight is 306 g/mol. The van der Waals surface area contributed by atoms with Crippen molar-refractivity contribution in [3.05, 3.63) is 29.9 Å². The SMILES string of the molecule is CC(CCCO)NC(=O)Nc1nc(-c2cccnc2)cs1. The van der Waals surface area contributed by atoms with Crippen molar-refractivity contribution in [1.29, 1.82) is 0 Å². The summed E-state index contributed by atoms with van der Waals surface area (Å²) in [5.74, 6) is 0. The fraction of sp³-hybridized carbons (Fsp3) is 0.357. The zero-order valence-corrected chi connectivity index (χ0v) is 12.6. The molecule has 0 saturated heterocycles. The lowest BCUT2D eigenvalue weighted by Gasteiger charge is -2.12. The number of thiazole rings is 1. The van der Waals surface area contributed by atoms with Crippen LogP contribution < -0.4 is 10.6 Å². The Balaban J connectivity index is 1.89. The van der Waals surface area contributed by atoms with E-state index in [-0.39, 0.29) is 18.7 Å². The number of aliphatic hydroxyl groups is 1. The number of urea groups is 1. The fourth-order valence-corrected chi connectivity index (χ4v) is 2.52. The van der Waals surface area contributed by atoms with Crippen molar-refractivity contribution in [2.24, 2.45) is 0 Å². The number of aliphatic hydroxyl groups excluding tert-OH is 1. The molecule has 21 heavy (non-hydrogen) atoms. The van der Waals surface area contributed by atoms with Gasteiger partial charge in [-0.25, -0.2) is 9.78 Å². The van der Waals surface area contributed by atoms with E-state index in [1.807, 2.05) is 24.4 Å². The van der Waals surface area contributed by atoms with Crippen LogP contribution in [0.4, 0.5) is 9.93 Å². The predicted molar refractivity (Wildman–Crippen MR) is 83.3 cm³/mol. The van der Waals surface area contributed by atoms with Gasteiger partial charge in [0.2, 0.25) is 0 Å². The first-order valence-electron chi connectivity index (χ1n) is 6.73. The van der Waals surface area contributed by atoms with Crippen molar-refractivity contribution in [2.75, 3.05) is 11.9 Å². The van der Waals surface area contributed by atoms with E-state index >= 15 is 0 Å². The number of carbonyl (C=O) groups is 1. The van der Waals surface area contributed by atoms with Gasteiger partial charge in [0.05, 0.1) is 5.69 Å². The van der Waals surface area contributed by atoms with E-state index in [2.05, 4.69) is 20.6 Å². The predicted octanol–water partition coefficient (Wildman–Crippen LogP) is 2.49. The zero-order valence-electron chi connectivity index (χ0n) is 11.7. The summed E-state index contributed by atoms with van der Waals surface area (Å²) >= 11 is 1.37. The minimum absolute atomic E-state index is 0.00917. The first kappa shape index (κ1) is 15.4. The quantitative estimate of drug-likeness (QED) is 0.765. The molecule has 0 bridgehead atoms. The molecule has 0 fully saturated rings. The second-order valence-corrected chi connectivity index (χ2v) is 5.50. The molecular formula is C14H18N4O2S. The number of aromatic nitrogens is 2. The van der Waals surface area contributed by atoms with E-state index < -0.39 is 0 Å². The summed E-state index contributed by atoms with van der Waals surface area (Å²) in [5, 5.41) is 16.7. The second-order valence-electron chi connectivity index (χ2n) is 4.64. The van der Waals surface area contributed by atoms with Crippen molar-refractivity contribution in [3.8, 4) is 11.3 Å². The molecule has 2 aromatic rings. The Morgan fingerprint density at radius 1 is 1.52 bits per heavy atom. The van der Waals surface area contributed by atoms with E-state index in [1.54, 1.807) is 12.4 Å². The van der Waals surface area contributed by atoms with Crippen molar-refractivity contribution in [2.45, 2.75) is 25.8 Å². The topological polar surface area (TPSA) is 87.1 Å². The average Bonchev–Trinajstić information content (AvgIpc) is 2.94. The summed E-state index contributed by atoms with van der Waals surface area (Å²) in [5.41, 5.74) is 1.70. The number of carbonyl (C=O) groups excluding carboxylic acids is 1. The van der Waals surface area contributed by atoms with E-state index in [0.717, 1.165) is 17.7 Å². The first-order valence-corrected chi connectivity index (χ1v) is 7.61. The molecule has 2 amide bonds. The van der Waals surface area contributed by atoms with Gasteiger partial charge in [-0.05, 0) is 31.9 Å². The van der Waals surface area contributed by atoms with E-state index in [9.17, 15) is 4.79 Å². The maximum Gasteiger partial charge on any atom is 0.321 e. The number of hydrogen-bond donors (Lipinski definition) is 3. The van der Waals surface area contributed by atoms with Gasteiger partial charge in [0, 0.05) is 36.0 Å². The highest BCUT2D eigenvalue weighted by Gasteiger charge is 2.10. The summed E-state index contributed by atoms with van der Waals surface area (Å²) in [4.78, 5) is 20.2. The highest BCUT2D eigenvalue weighted by molar-refractivity contribution is 7.14. The van der Waals surface area contributed by atoms with Crippen LogP contribution in [0.25, 0.3) is 11.3 Å². The van der Waals surface area contributed by atoms with Crippen LogP contribution in [0.3, 0.4) is 0 Å². The van der Waals surface area contributed by atoms with Crippen LogP contribution in [0.2, 0.25) is 0 Å². The number of nitrogens with one attached hydrogen (secondary N) is 2. The number of anilines is 1. The van der Waals surface area contributed by atoms with E-state index in [1.165, 1.54) is 11.3 Å². The van der Waals surface area contributed by atoms with Gasteiger partial charge in [0.1, 0.15) is 0 Å². The summed E-state index contributed by atoms with van der Waals surface area (Å²) in [6, 6.07) is 3.49. The number of pyridine rings is 1. The Kier molecular flexibility index (Phi) is 5.65. The number of nitrogens with zero attached hydrogens (tertiary/aromatic N) is 2. The Morgan fingerprint density at radius 3 is 3.10 bits per heavy atom. The molecule has 0 spiro atoms. The monoisotopic (exact) mass is 306 g/mol. The molecule has 2 rings (SSSR count). The number of rotatable bonds is 6. The molecule has 7 heteroatoms. The minimum atomic E-state index is -0.285. The van der Waals surface area contributed by atoms with Gasteiger partial charge >= 0.3 is 6.03 Å². The van der Waals surface area contributed by atoms with Gasteiger partial charge < -0.3 is 10.4 Å². The van der Waals surface area contributed by atoms with Gasteiger partial charge in [0.15, 0.2) is 5.13 Å². The van der Waals surface area contributed by atoms with E-state index in [0.29, 0.717) is 11.6 Å². The summed E-state index contributed by atoms with van der Waals surface area (Å²) < 4.78 is 0. The minimum Gasteiger partial charge on any atom is -0.396 e. The lowest BCUT2D eigenvalue weighted by Crippen LogP contribution is -2.36. The molecule has 6 nitrogen and oxygen atoms in total. The molecule has 1 atom stereocenters. The summed E-state index contributed by atoms with van der Waals surface area (Å²) in [6.45, 7) is 2.03. The molecule has 0 saturated carbocycles. The molecule has 1 unspecified atom stereocenters. The maximum atomic E-state index is 11.8. The fourth-order valence-electron chi connectivity index (χ4n) is 1.80. The lowest BCUT2D eigenvalue weighted by molar-refractivity contribution is 0.245. The van der Waals surface area contributed by atoms with Crippen molar-refractivity contribution in [1.82, 2.24) is 15.3 Å². The van der Waals surface area contributed by atoms with Crippen molar-refractivity contribution >= 4 is 22.5 Å². The van der Waals surface area contributed by atoms with Crippen LogP contribution in [-0.4, -0.2) is 33.8 Å². The van der Waals surface area contributed by atoms with Gasteiger partial charge in [0.25, 0.3) is 0 Å². The Morgan fingerprint density at radius 2 is 2.38 bits per heavy atom. The molecule has 2 heterocycles. The Bertz CT molecular complexity index is 573. The van der Waals surface area contributed by atoms with Crippen LogP contribution in [0.5, 0.6) is 0 Å². The van der Waals surface area contributed by atoms with Gasteiger partial charge in [-0.3, -0.25) is 10.3 Å². The Hall–Kier alpha value is -1.99. The van der Waals surface area contributed by atoms with Crippen LogP contribution in [0.1, 0.15) is 19.8 Å². The highest BCUT2D eigenvalue weighted by Crippen LogP contribution is 2.23. The van der Waals surface area contributed by atoms with Crippen molar-refractivity contribution < 1.29 is 9.90 Å². The maximum absolute atomic E-state index is 11.8. The smallest absolute Gasteiger partial charge is 0.321 e. The molecule has 3 N–H and O–H groups in total. The van der Waals surface area contributed by atoms with Gasteiger partial charge in [-0.1, -0.05) is 0 Å². The molecular weight excluding hydrogens is 288 g/mol. The standard InChI is InChI=1S/C14H18N4O2S/c1-10(4-3-7-19)16-13(20)18-14-17-12(9-21-14)11-5-2-6-15-8-11/h2,5-6,8-10,19H,3-4,7H2,1H3,(H2,16,17,18,20). The highest BCUT2D eigenvalue weighted by atomic mass is 32.1. The van der Waals surface area contributed by atoms with E-state index in [4.69, 9.17) is 5.11 Å². The van der Waals surface area contributed by atoms with Crippen molar-refractivity contribution in [3.63, 3.8) is 0 Å². The third-order valence-corrected chi connectivity index (χ3v) is 3.61. The molecule has 112 valence electrons. The number of hydrogen-bond acceptors (Lipinski definition) is 5. The molecule has 0 aliphatic carbocycles. The summed E-state index contributed by atoms with van der Waals surface area (Å²) in [7, 11) is 0. The van der Waals surface area contributed by atoms with Gasteiger partial charge in [-0.2, -0.15) is 0 Å². The van der Waals surface area contributed by atoms with Crippen LogP contribution in [0, 0.1) is 0 Å². The number of amides is 2. The summed E-state index contributed by atoms with van der Waals surface area (Å²) in [6.07, 6.45) is 4.85. The molecule has 2 aromatic heterocycles. The molecule has 0 aliphatic heterocycles. The second kappa shape index (κ2) is 7.70. The zero-order chi connectivity index (χ0) is 15.1. The van der Waals surface area contributed by atoms with Crippen LogP contribution >= 0.6 is 11.3 Å². The Labute approximate surface area is 127 Å².